The summed E-state index contributed by atoms with van der Waals surface area (Å²) in [5.41, 5.74) is 6.61. The van der Waals surface area contributed by atoms with Gasteiger partial charge in [-0.05, 0) is 24.5 Å². The molecule has 19 heavy (non-hydrogen) atoms. The predicted octanol–water partition coefficient (Wildman–Crippen LogP) is 4.79. The van der Waals surface area contributed by atoms with Gasteiger partial charge in [-0.1, -0.05) is 45.2 Å². The van der Waals surface area contributed by atoms with E-state index in [1.54, 1.807) is 6.07 Å². The third-order valence-corrected chi connectivity index (χ3v) is 3.80. The van der Waals surface area contributed by atoms with Crippen LogP contribution >= 0.6 is 0 Å². The molecule has 0 radical (unpaired) electrons. The zero-order valence-corrected chi connectivity index (χ0v) is 11.7. The molecule has 1 heterocycles. The van der Waals surface area contributed by atoms with Gasteiger partial charge in [-0.2, -0.15) is 0 Å². The molecule has 1 aromatic heterocycles. The predicted molar refractivity (Wildman–Crippen MR) is 76.4 cm³/mol. The van der Waals surface area contributed by atoms with Crippen LogP contribution in [0.15, 0.2) is 28.7 Å². The van der Waals surface area contributed by atoms with Gasteiger partial charge in [0, 0.05) is 5.39 Å². The van der Waals surface area contributed by atoms with Gasteiger partial charge in [-0.25, -0.2) is 4.39 Å². The van der Waals surface area contributed by atoms with Crippen LogP contribution in [0.25, 0.3) is 11.0 Å². The summed E-state index contributed by atoms with van der Waals surface area (Å²) in [4.78, 5) is 0. The summed E-state index contributed by atoms with van der Waals surface area (Å²) in [5.74, 6) is 0.768. The number of para-hydroxylation sites is 1. The molecule has 2 unspecified atom stereocenters. The summed E-state index contributed by atoms with van der Waals surface area (Å²) in [6, 6.07) is 6.68. The average Bonchev–Trinajstić information content (AvgIpc) is 2.85. The van der Waals surface area contributed by atoms with Gasteiger partial charge in [0.05, 0.1) is 6.04 Å². The molecule has 2 aromatic rings. The van der Waals surface area contributed by atoms with Crippen LogP contribution in [0, 0.1) is 11.7 Å². The lowest BCUT2D eigenvalue weighted by Crippen LogP contribution is -2.20. The fourth-order valence-electron chi connectivity index (χ4n) is 2.55. The summed E-state index contributed by atoms with van der Waals surface area (Å²) in [7, 11) is 0. The van der Waals surface area contributed by atoms with Gasteiger partial charge in [-0.15, -0.1) is 0 Å². The standard InChI is InChI=1S/C16H22FNO/c1-3-5-7-11(4-2)15(18)14-10-12-8-6-9-13(17)16(12)19-14/h6,8-11,15H,3-5,7,18H2,1-2H3. The van der Waals surface area contributed by atoms with Gasteiger partial charge < -0.3 is 10.2 Å². The second-order valence-electron chi connectivity index (χ2n) is 5.14. The normalized spacial score (nSPS) is 14.7. The molecule has 2 nitrogen and oxygen atoms in total. The van der Waals surface area contributed by atoms with E-state index in [4.69, 9.17) is 10.2 Å². The second-order valence-corrected chi connectivity index (χ2v) is 5.14. The Hall–Kier alpha value is -1.35. The molecule has 0 saturated heterocycles. The Morgan fingerprint density at radius 2 is 2.11 bits per heavy atom. The molecule has 2 rings (SSSR count). The summed E-state index contributed by atoms with van der Waals surface area (Å²) in [6.45, 7) is 4.32. The maximum Gasteiger partial charge on any atom is 0.169 e. The Kier molecular flexibility index (Phi) is 4.59. The minimum Gasteiger partial charge on any atom is -0.456 e. The summed E-state index contributed by atoms with van der Waals surface area (Å²) in [5, 5.41) is 0.788. The molecule has 2 atom stereocenters. The van der Waals surface area contributed by atoms with E-state index in [1.807, 2.05) is 12.1 Å². The molecule has 104 valence electrons. The fourth-order valence-corrected chi connectivity index (χ4v) is 2.55. The lowest BCUT2D eigenvalue weighted by molar-refractivity contribution is 0.335. The minimum atomic E-state index is -0.322. The van der Waals surface area contributed by atoms with Crippen molar-refractivity contribution in [2.24, 2.45) is 11.7 Å². The van der Waals surface area contributed by atoms with Gasteiger partial charge in [-0.3, -0.25) is 0 Å². The summed E-state index contributed by atoms with van der Waals surface area (Å²) in [6.07, 6.45) is 4.44. The average molecular weight is 263 g/mol. The van der Waals surface area contributed by atoms with Gasteiger partial charge in [0.15, 0.2) is 11.4 Å². The van der Waals surface area contributed by atoms with Gasteiger partial charge >= 0.3 is 0 Å². The molecule has 1 aromatic carbocycles. The fraction of sp³-hybridized carbons (Fsp3) is 0.500. The van der Waals surface area contributed by atoms with E-state index in [0.29, 0.717) is 17.3 Å². The number of furan rings is 1. The smallest absolute Gasteiger partial charge is 0.169 e. The molecular formula is C16H22FNO. The molecule has 0 saturated carbocycles. The summed E-state index contributed by atoms with van der Waals surface area (Å²) >= 11 is 0. The van der Waals surface area contributed by atoms with E-state index >= 15 is 0 Å². The highest BCUT2D eigenvalue weighted by molar-refractivity contribution is 5.78. The van der Waals surface area contributed by atoms with E-state index in [9.17, 15) is 4.39 Å². The maximum absolute atomic E-state index is 13.6. The molecular weight excluding hydrogens is 241 g/mol. The largest absolute Gasteiger partial charge is 0.456 e. The molecule has 0 aliphatic rings. The SMILES string of the molecule is CCCCC(CC)C(N)c1cc2cccc(F)c2o1. The van der Waals surface area contributed by atoms with Crippen molar-refractivity contribution in [2.75, 3.05) is 0 Å². The van der Waals surface area contributed by atoms with Crippen LogP contribution in [0.4, 0.5) is 4.39 Å². The van der Waals surface area contributed by atoms with Crippen molar-refractivity contribution >= 4 is 11.0 Å². The number of halogens is 1. The van der Waals surface area contributed by atoms with Crippen LogP contribution in [0.1, 0.15) is 51.3 Å². The number of fused-ring (bicyclic) bond motifs is 1. The quantitative estimate of drug-likeness (QED) is 0.814. The molecule has 0 aliphatic carbocycles. The minimum absolute atomic E-state index is 0.150. The van der Waals surface area contributed by atoms with Crippen molar-refractivity contribution in [3.05, 3.63) is 35.8 Å². The first kappa shape index (κ1) is 14.1. The molecule has 0 spiro atoms. The lowest BCUT2D eigenvalue weighted by Gasteiger charge is -2.20. The van der Waals surface area contributed by atoms with Crippen molar-refractivity contribution in [1.29, 1.82) is 0 Å². The van der Waals surface area contributed by atoms with E-state index in [0.717, 1.165) is 24.6 Å². The van der Waals surface area contributed by atoms with Crippen molar-refractivity contribution in [3.8, 4) is 0 Å². The van der Waals surface area contributed by atoms with E-state index in [-0.39, 0.29) is 11.9 Å². The zero-order chi connectivity index (χ0) is 13.8. The molecule has 3 heteroatoms. The highest BCUT2D eigenvalue weighted by Gasteiger charge is 2.21. The van der Waals surface area contributed by atoms with Crippen molar-refractivity contribution < 1.29 is 8.81 Å². The van der Waals surface area contributed by atoms with Crippen LogP contribution in [0.2, 0.25) is 0 Å². The van der Waals surface area contributed by atoms with Crippen molar-refractivity contribution in [2.45, 2.75) is 45.6 Å². The Bertz CT molecular complexity index is 535. The first-order valence-corrected chi connectivity index (χ1v) is 7.10. The third kappa shape index (κ3) is 2.98. The molecule has 0 aliphatic heterocycles. The number of hydrogen-bond acceptors (Lipinski definition) is 2. The second kappa shape index (κ2) is 6.20. The summed E-state index contributed by atoms with van der Waals surface area (Å²) < 4.78 is 19.2. The van der Waals surface area contributed by atoms with Crippen molar-refractivity contribution in [1.82, 2.24) is 0 Å². The van der Waals surface area contributed by atoms with E-state index < -0.39 is 0 Å². The Labute approximate surface area is 113 Å². The molecule has 0 fully saturated rings. The van der Waals surface area contributed by atoms with Crippen molar-refractivity contribution in [3.63, 3.8) is 0 Å². The highest BCUT2D eigenvalue weighted by Crippen LogP contribution is 2.31. The maximum atomic E-state index is 13.6. The van der Waals surface area contributed by atoms with Gasteiger partial charge in [0.2, 0.25) is 0 Å². The Morgan fingerprint density at radius 3 is 2.74 bits per heavy atom. The lowest BCUT2D eigenvalue weighted by atomic mass is 9.90. The number of benzene rings is 1. The van der Waals surface area contributed by atoms with Crippen LogP contribution in [-0.2, 0) is 0 Å². The Morgan fingerprint density at radius 1 is 1.32 bits per heavy atom. The first-order chi connectivity index (χ1) is 9.17. The molecule has 0 amide bonds. The molecule has 0 bridgehead atoms. The highest BCUT2D eigenvalue weighted by atomic mass is 19.1. The number of hydrogen-bond donors (Lipinski definition) is 1. The van der Waals surface area contributed by atoms with Crippen LogP contribution < -0.4 is 5.73 Å². The van der Waals surface area contributed by atoms with Crippen LogP contribution in [-0.4, -0.2) is 0 Å². The Balaban J connectivity index is 2.24. The topological polar surface area (TPSA) is 39.2 Å². The monoisotopic (exact) mass is 263 g/mol. The molecule has 2 N–H and O–H groups in total. The number of rotatable bonds is 6. The zero-order valence-electron chi connectivity index (χ0n) is 11.7. The number of unbranched alkanes of at least 4 members (excludes halogenated alkanes) is 1. The third-order valence-electron chi connectivity index (χ3n) is 3.80. The van der Waals surface area contributed by atoms with Gasteiger partial charge in [0.25, 0.3) is 0 Å². The van der Waals surface area contributed by atoms with Crippen LogP contribution in [0.5, 0.6) is 0 Å². The number of nitrogens with two attached hydrogens (primary N) is 1. The van der Waals surface area contributed by atoms with Gasteiger partial charge in [0.1, 0.15) is 5.76 Å². The first-order valence-electron chi connectivity index (χ1n) is 7.10. The van der Waals surface area contributed by atoms with E-state index in [1.165, 1.54) is 12.5 Å². The van der Waals surface area contributed by atoms with Crippen LogP contribution in [0.3, 0.4) is 0 Å². The van der Waals surface area contributed by atoms with E-state index in [2.05, 4.69) is 13.8 Å².